The summed E-state index contributed by atoms with van der Waals surface area (Å²) in [5, 5.41) is 0. The van der Waals surface area contributed by atoms with Gasteiger partial charge in [0.1, 0.15) is 11.6 Å². The van der Waals surface area contributed by atoms with Crippen molar-refractivity contribution < 1.29 is 13.2 Å². The molecule has 5 nitrogen and oxygen atoms in total. The molecule has 0 atom stereocenters. The Balaban J connectivity index is 1.94. The number of hydrogen-bond donors (Lipinski definition) is 2. The molecule has 1 aliphatic heterocycles. The van der Waals surface area contributed by atoms with Gasteiger partial charge in [0.2, 0.25) is 0 Å². The molecule has 1 aliphatic rings. The first-order chi connectivity index (χ1) is 8.85. The molecule has 0 spiro atoms. The van der Waals surface area contributed by atoms with E-state index in [0.717, 1.165) is 0 Å². The van der Waals surface area contributed by atoms with Crippen molar-refractivity contribution in [2.75, 3.05) is 49.1 Å². The van der Waals surface area contributed by atoms with E-state index in [4.69, 9.17) is 11.5 Å². The maximum atomic E-state index is 12.3. The zero-order chi connectivity index (χ0) is 14.0. The fourth-order valence-electron chi connectivity index (χ4n) is 2.04. The third-order valence-corrected chi connectivity index (χ3v) is 3.04. The van der Waals surface area contributed by atoms with E-state index >= 15 is 0 Å². The van der Waals surface area contributed by atoms with Crippen molar-refractivity contribution in [1.29, 1.82) is 0 Å². The summed E-state index contributed by atoms with van der Waals surface area (Å²) >= 11 is 0. The van der Waals surface area contributed by atoms with Crippen LogP contribution in [0.5, 0.6) is 0 Å². The number of nitrogens with two attached hydrogens (primary N) is 2. The first-order valence-electron chi connectivity index (χ1n) is 5.91. The van der Waals surface area contributed by atoms with E-state index in [0.29, 0.717) is 37.7 Å². The van der Waals surface area contributed by atoms with Crippen LogP contribution in [-0.4, -0.2) is 48.8 Å². The minimum atomic E-state index is -4.15. The van der Waals surface area contributed by atoms with Crippen LogP contribution in [0.4, 0.5) is 30.5 Å². The number of nitrogens with zero attached hydrogens (tertiary/aromatic N) is 3. The number of alkyl halides is 3. The van der Waals surface area contributed by atoms with Crippen LogP contribution in [-0.2, 0) is 0 Å². The van der Waals surface area contributed by atoms with E-state index < -0.39 is 12.7 Å². The molecule has 0 amide bonds. The number of aromatic nitrogens is 1. The smallest absolute Gasteiger partial charge is 0.396 e. The Hall–Kier alpha value is -1.70. The molecule has 1 fully saturated rings. The molecule has 1 saturated heterocycles. The second-order valence-electron chi connectivity index (χ2n) is 4.52. The Kier molecular flexibility index (Phi) is 3.70. The molecule has 4 N–H and O–H groups in total. The third kappa shape index (κ3) is 3.63. The predicted molar refractivity (Wildman–Crippen MR) is 67.8 cm³/mol. The molecule has 0 aromatic carbocycles. The first-order valence-corrected chi connectivity index (χ1v) is 5.91. The van der Waals surface area contributed by atoms with Gasteiger partial charge in [0.25, 0.3) is 0 Å². The van der Waals surface area contributed by atoms with E-state index in [-0.39, 0.29) is 5.82 Å². The first kappa shape index (κ1) is 13.7. The number of anilines is 3. The number of halogens is 3. The van der Waals surface area contributed by atoms with E-state index in [2.05, 4.69) is 4.98 Å². The molecule has 2 rings (SSSR count). The highest BCUT2D eigenvalue weighted by Gasteiger charge is 2.32. The fourth-order valence-corrected chi connectivity index (χ4v) is 2.04. The number of pyridine rings is 1. The van der Waals surface area contributed by atoms with Crippen molar-refractivity contribution in [2.45, 2.75) is 6.18 Å². The van der Waals surface area contributed by atoms with Gasteiger partial charge in [-0.25, -0.2) is 4.98 Å². The van der Waals surface area contributed by atoms with E-state index in [9.17, 15) is 13.2 Å². The Bertz CT molecular complexity index is 440. The van der Waals surface area contributed by atoms with Crippen LogP contribution in [0.3, 0.4) is 0 Å². The number of piperazine rings is 1. The molecule has 106 valence electrons. The summed E-state index contributed by atoms with van der Waals surface area (Å²) in [5.74, 6) is 0.897. The average Bonchev–Trinajstić information content (AvgIpc) is 2.32. The van der Waals surface area contributed by atoms with Gasteiger partial charge in [-0.2, -0.15) is 13.2 Å². The molecule has 0 aliphatic carbocycles. The normalized spacial score (nSPS) is 17.7. The Morgan fingerprint density at radius 2 is 1.74 bits per heavy atom. The molecule has 0 radical (unpaired) electrons. The highest BCUT2D eigenvalue weighted by atomic mass is 19.4. The van der Waals surface area contributed by atoms with Crippen LogP contribution < -0.4 is 16.4 Å². The number of nitrogen functional groups attached to an aromatic ring is 2. The van der Waals surface area contributed by atoms with Gasteiger partial charge in [0.15, 0.2) is 0 Å². The summed E-state index contributed by atoms with van der Waals surface area (Å²) in [6.45, 7) is 0.827. The Morgan fingerprint density at radius 3 is 2.26 bits per heavy atom. The second kappa shape index (κ2) is 5.12. The summed E-state index contributed by atoms with van der Waals surface area (Å²) in [4.78, 5) is 7.43. The topological polar surface area (TPSA) is 71.4 Å². The lowest BCUT2D eigenvalue weighted by Crippen LogP contribution is -2.49. The SMILES string of the molecule is Nc1ccc(N2CCN(CC(F)(F)F)CC2)nc1N. The lowest BCUT2D eigenvalue weighted by molar-refractivity contribution is -0.146. The molecule has 0 bridgehead atoms. The largest absolute Gasteiger partial charge is 0.401 e. The summed E-state index contributed by atoms with van der Waals surface area (Å²) in [6, 6.07) is 3.38. The van der Waals surface area contributed by atoms with Gasteiger partial charge in [-0.15, -0.1) is 0 Å². The van der Waals surface area contributed by atoms with Gasteiger partial charge in [-0.05, 0) is 12.1 Å². The van der Waals surface area contributed by atoms with Crippen LogP contribution >= 0.6 is 0 Å². The minimum absolute atomic E-state index is 0.246. The van der Waals surface area contributed by atoms with Crippen molar-refractivity contribution in [3.05, 3.63) is 12.1 Å². The summed E-state index contributed by atoms with van der Waals surface area (Å²) in [5.41, 5.74) is 11.6. The van der Waals surface area contributed by atoms with E-state index in [1.54, 1.807) is 12.1 Å². The number of hydrogen-bond acceptors (Lipinski definition) is 5. The second-order valence-corrected chi connectivity index (χ2v) is 4.52. The van der Waals surface area contributed by atoms with Gasteiger partial charge in [0, 0.05) is 26.2 Å². The number of rotatable bonds is 2. The molecular weight excluding hydrogens is 259 g/mol. The van der Waals surface area contributed by atoms with Crippen LogP contribution in [0.2, 0.25) is 0 Å². The zero-order valence-corrected chi connectivity index (χ0v) is 10.3. The summed E-state index contributed by atoms with van der Waals surface area (Å²) < 4.78 is 36.8. The third-order valence-electron chi connectivity index (χ3n) is 3.04. The highest BCUT2D eigenvalue weighted by Crippen LogP contribution is 2.21. The molecule has 0 saturated carbocycles. The van der Waals surface area contributed by atoms with Crippen molar-refractivity contribution in [2.24, 2.45) is 0 Å². The Morgan fingerprint density at radius 1 is 1.11 bits per heavy atom. The molecule has 0 unspecified atom stereocenters. The standard InChI is InChI=1S/C11H16F3N5/c12-11(13,14)7-18-3-5-19(6-4-18)9-2-1-8(15)10(16)17-9/h1-2H,3-7,15H2,(H2,16,17). The van der Waals surface area contributed by atoms with Crippen molar-refractivity contribution in [3.8, 4) is 0 Å². The van der Waals surface area contributed by atoms with Crippen molar-refractivity contribution in [3.63, 3.8) is 0 Å². The molecule has 8 heteroatoms. The van der Waals surface area contributed by atoms with E-state index in [1.165, 1.54) is 4.90 Å². The minimum Gasteiger partial charge on any atom is -0.396 e. The van der Waals surface area contributed by atoms with Crippen LogP contribution in [0, 0.1) is 0 Å². The van der Waals surface area contributed by atoms with Crippen molar-refractivity contribution >= 4 is 17.3 Å². The molecule has 2 heterocycles. The maximum absolute atomic E-state index is 12.3. The van der Waals surface area contributed by atoms with Gasteiger partial charge < -0.3 is 16.4 Å². The molecular formula is C11H16F3N5. The monoisotopic (exact) mass is 275 g/mol. The van der Waals surface area contributed by atoms with Crippen LogP contribution in [0.1, 0.15) is 0 Å². The lowest BCUT2D eigenvalue weighted by Gasteiger charge is -2.35. The predicted octanol–water partition coefficient (Wildman–Crippen LogP) is 0.930. The van der Waals surface area contributed by atoms with Gasteiger partial charge in [-0.1, -0.05) is 0 Å². The van der Waals surface area contributed by atoms with Crippen LogP contribution in [0.25, 0.3) is 0 Å². The highest BCUT2D eigenvalue weighted by molar-refractivity contribution is 5.62. The van der Waals surface area contributed by atoms with Gasteiger partial charge >= 0.3 is 6.18 Å². The van der Waals surface area contributed by atoms with Gasteiger partial charge in [-0.3, -0.25) is 4.90 Å². The van der Waals surface area contributed by atoms with Crippen LogP contribution in [0.15, 0.2) is 12.1 Å². The van der Waals surface area contributed by atoms with Crippen molar-refractivity contribution in [1.82, 2.24) is 9.88 Å². The molecule has 1 aromatic heterocycles. The Labute approximate surface area is 109 Å². The summed E-state index contributed by atoms with van der Waals surface area (Å²) in [7, 11) is 0. The molecule has 1 aromatic rings. The molecule has 19 heavy (non-hydrogen) atoms. The van der Waals surface area contributed by atoms with Gasteiger partial charge in [0.05, 0.1) is 12.2 Å². The fraction of sp³-hybridized carbons (Fsp3) is 0.545. The summed E-state index contributed by atoms with van der Waals surface area (Å²) in [6.07, 6.45) is -4.15. The maximum Gasteiger partial charge on any atom is 0.401 e. The lowest BCUT2D eigenvalue weighted by atomic mass is 10.3. The zero-order valence-electron chi connectivity index (χ0n) is 10.3. The van der Waals surface area contributed by atoms with E-state index in [1.807, 2.05) is 4.90 Å². The average molecular weight is 275 g/mol. The quantitative estimate of drug-likeness (QED) is 0.840.